The van der Waals surface area contributed by atoms with E-state index in [1.165, 1.54) is 12.3 Å². The second-order valence-corrected chi connectivity index (χ2v) is 5.52. The number of aromatic nitrogens is 1. The van der Waals surface area contributed by atoms with E-state index >= 15 is 0 Å². The number of aliphatic carboxylic acids is 1. The number of hydrogen-bond donors (Lipinski definition) is 2. The summed E-state index contributed by atoms with van der Waals surface area (Å²) in [5, 5.41) is 22.0. The lowest BCUT2D eigenvalue weighted by molar-refractivity contribution is -0.389. The van der Waals surface area contributed by atoms with E-state index in [4.69, 9.17) is 9.84 Å². The summed E-state index contributed by atoms with van der Waals surface area (Å²) in [6, 6.07) is 1.34. The van der Waals surface area contributed by atoms with Crippen LogP contribution in [-0.2, 0) is 16.0 Å². The van der Waals surface area contributed by atoms with Crippen LogP contribution < -0.4 is 5.32 Å². The van der Waals surface area contributed by atoms with E-state index in [9.17, 15) is 19.7 Å². The van der Waals surface area contributed by atoms with Gasteiger partial charge >= 0.3 is 17.9 Å². The molecule has 0 fully saturated rings. The summed E-state index contributed by atoms with van der Waals surface area (Å²) >= 11 is 0. The van der Waals surface area contributed by atoms with Crippen LogP contribution in [0.5, 0.6) is 0 Å². The third-order valence-corrected chi connectivity index (χ3v) is 2.43. The summed E-state index contributed by atoms with van der Waals surface area (Å²) < 4.78 is 4.98. The molecule has 1 amide bonds. The van der Waals surface area contributed by atoms with Gasteiger partial charge < -0.3 is 25.3 Å². The molecule has 1 rings (SSSR count). The van der Waals surface area contributed by atoms with E-state index in [1.54, 1.807) is 20.8 Å². The van der Waals surface area contributed by atoms with Crippen LogP contribution >= 0.6 is 0 Å². The van der Waals surface area contributed by atoms with Crippen LogP contribution in [0, 0.1) is 10.1 Å². The molecule has 1 unspecified atom stereocenters. The summed E-state index contributed by atoms with van der Waals surface area (Å²) in [6.45, 7) is 4.94. The lowest BCUT2D eigenvalue weighted by Crippen LogP contribution is -2.44. The van der Waals surface area contributed by atoms with E-state index in [0.717, 1.165) is 6.07 Å². The van der Waals surface area contributed by atoms with E-state index < -0.39 is 28.6 Å². The minimum absolute atomic E-state index is 0.127. The van der Waals surface area contributed by atoms with Crippen molar-refractivity contribution in [3.63, 3.8) is 0 Å². The molecule has 1 atom stereocenters. The molecular weight excluding hydrogens is 294 g/mol. The minimum atomic E-state index is -1.27. The van der Waals surface area contributed by atoms with Gasteiger partial charge in [-0.15, -0.1) is 0 Å². The summed E-state index contributed by atoms with van der Waals surface area (Å²) in [5.74, 6) is -1.66. The van der Waals surface area contributed by atoms with Gasteiger partial charge in [0.2, 0.25) is 0 Å². The molecule has 1 aromatic rings. The highest BCUT2D eigenvalue weighted by atomic mass is 16.6. The van der Waals surface area contributed by atoms with Gasteiger partial charge in [0, 0.05) is 12.5 Å². The van der Waals surface area contributed by atoms with Crippen molar-refractivity contribution in [2.45, 2.75) is 38.8 Å². The topological polar surface area (TPSA) is 132 Å². The van der Waals surface area contributed by atoms with Crippen LogP contribution in [0.15, 0.2) is 18.3 Å². The molecule has 9 heteroatoms. The van der Waals surface area contributed by atoms with Gasteiger partial charge in [-0.2, -0.15) is 0 Å². The number of hydrogen-bond acceptors (Lipinski definition) is 6. The Bertz CT molecular complexity index is 581. The number of carboxylic acid groups (broad SMARTS) is 1. The maximum absolute atomic E-state index is 11.6. The predicted octanol–water partition coefficient (Wildman–Crippen LogP) is 1.51. The van der Waals surface area contributed by atoms with E-state index in [0.29, 0.717) is 5.56 Å². The van der Waals surface area contributed by atoms with Crippen LogP contribution in [0.4, 0.5) is 10.6 Å². The molecule has 0 aliphatic carbocycles. The van der Waals surface area contributed by atoms with Gasteiger partial charge in [0.05, 0.1) is 0 Å². The van der Waals surface area contributed by atoms with Crippen molar-refractivity contribution in [1.29, 1.82) is 0 Å². The molecule has 9 nitrogen and oxygen atoms in total. The van der Waals surface area contributed by atoms with Crippen molar-refractivity contribution < 1.29 is 24.4 Å². The minimum Gasteiger partial charge on any atom is -0.480 e. The molecule has 120 valence electrons. The van der Waals surface area contributed by atoms with Crippen molar-refractivity contribution in [1.82, 2.24) is 10.3 Å². The first kappa shape index (κ1) is 17.3. The summed E-state index contributed by atoms with van der Waals surface area (Å²) in [6.07, 6.45) is 0.209. The molecule has 1 heterocycles. The van der Waals surface area contributed by atoms with Crippen molar-refractivity contribution in [2.75, 3.05) is 0 Å². The molecule has 0 aliphatic heterocycles. The number of carbonyl (C=O) groups is 2. The molecule has 0 saturated carbocycles. The highest BCUT2D eigenvalue weighted by Crippen LogP contribution is 2.12. The number of amides is 1. The fourth-order valence-corrected chi connectivity index (χ4v) is 1.57. The first-order chi connectivity index (χ1) is 10.1. The summed E-state index contributed by atoms with van der Waals surface area (Å²) in [4.78, 5) is 36.3. The molecule has 0 bridgehead atoms. The Morgan fingerprint density at radius 2 is 2.14 bits per heavy atom. The fraction of sp³-hybridized carbons (Fsp3) is 0.462. The normalized spacial score (nSPS) is 12.3. The molecule has 0 spiro atoms. The van der Waals surface area contributed by atoms with E-state index in [2.05, 4.69) is 10.3 Å². The van der Waals surface area contributed by atoms with E-state index in [1.807, 2.05) is 0 Å². The first-order valence-electron chi connectivity index (χ1n) is 6.40. The van der Waals surface area contributed by atoms with Gasteiger partial charge in [-0.1, -0.05) is 0 Å². The fourth-order valence-electron chi connectivity index (χ4n) is 1.57. The Morgan fingerprint density at radius 1 is 1.50 bits per heavy atom. The Hall–Kier alpha value is -2.71. The third kappa shape index (κ3) is 5.73. The average Bonchev–Trinajstić information content (AvgIpc) is 2.35. The smallest absolute Gasteiger partial charge is 0.408 e. The van der Waals surface area contributed by atoms with Gasteiger partial charge in [0.1, 0.15) is 17.8 Å². The molecule has 0 radical (unpaired) electrons. The highest BCUT2D eigenvalue weighted by molar-refractivity contribution is 5.80. The van der Waals surface area contributed by atoms with Crippen molar-refractivity contribution >= 4 is 17.9 Å². The van der Waals surface area contributed by atoms with Crippen molar-refractivity contribution in [3.8, 4) is 0 Å². The van der Waals surface area contributed by atoms with Crippen molar-refractivity contribution in [3.05, 3.63) is 34.0 Å². The largest absolute Gasteiger partial charge is 0.480 e. The van der Waals surface area contributed by atoms with Crippen LogP contribution in [-0.4, -0.2) is 38.7 Å². The molecule has 0 aliphatic rings. The van der Waals surface area contributed by atoms with Gasteiger partial charge in [-0.25, -0.2) is 9.59 Å². The molecule has 0 aromatic carbocycles. The molecule has 22 heavy (non-hydrogen) atoms. The van der Waals surface area contributed by atoms with Crippen LogP contribution in [0.25, 0.3) is 0 Å². The third-order valence-electron chi connectivity index (χ3n) is 2.43. The maximum atomic E-state index is 11.6. The molecule has 1 aromatic heterocycles. The zero-order chi connectivity index (χ0) is 16.9. The van der Waals surface area contributed by atoms with Crippen LogP contribution in [0.3, 0.4) is 0 Å². The number of alkyl carbamates (subject to hydrolysis) is 1. The summed E-state index contributed by atoms with van der Waals surface area (Å²) in [5.41, 5.74) is -0.395. The number of nitrogens with one attached hydrogen (secondary N) is 1. The number of nitrogens with zero attached hydrogens (tertiary/aromatic N) is 2. The predicted molar refractivity (Wildman–Crippen MR) is 75.4 cm³/mol. The Labute approximate surface area is 126 Å². The number of carbonyl (C=O) groups excluding carboxylic acids is 1. The van der Waals surface area contributed by atoms with E-state index in [-0.39, 0.29) is 12.2 Å². The lowest BCUT2D eigenvalue weighted by Gasteiger charge is -2.22. The van der Waals surface area contributed by atoms with Gasteiger partial charge in [-0.05, 0) is 42.3 Å². The van der Waals surface area contributed by atoms with Gasteiger partial charge in [0.25, 0.3) is 0 Å². The Kier molecular flexibility index (Phi) is 5.39. The second kappa shape index (κ2) is 6.83. The maximum Gasteiger partial charge on any atom is 0.408 e. The number of nitro groups is 1. The quantitative estimate of drug-likeness (QED) is 0.622. The zero-order valence-corrected chi connectivity index (χ0v) is 12.4. The second-order valence-electron chi connectivity index (χ2n) is 5.52. The lowest BCUT2D eigenvalue weighted by atomic mass is 10.1. The number of ether oxygens (including phenoxy) is 1. The number of pyridine rings is 1. The Balaban J connectivity index is 2.81. The van der Waals surface area contributed by atoms with Gasteiger partial charge in [-0.3, -0.25) is 0 Å². The van der Waals surface area contributed by atoms with Gasteiger partial charge in [0.15, 0.2) is 0 Å². The Morgan fingerprint density at radius 3 is 2.64 bits per heavy atom. The monoisotopic (exact) mass is 311 g/mol. The standard InChI is InChI=1S/C13H17N3O6/c1-13(2,3)22-12(19)15-9(11(17)18)6-8-4-5-14-10(7-8)16(20)21/h4-5,7,9H,6H2,1-3H3,(H,15,19)(H,17,18). The van der Waals surface area contributed by atoms with Crippen LogP contribution in [0.2, 0.25) is 0 Å². The SMILES string of the molecule is CC(C)(C)OC(=O)NC(Cc1ccnc([N+](=O)[O-])c1)C(=O)O. The van der Waals surface area contributed by atoms with Crippen LogP contribution in [0.1, 0.15) is 26.3 Å². The molecular formula is C13H17N3O6. The van der Waals surface area contributed by atoms with Crippen molar-refractivity contribution in [2.24, 2.45) is 0 Å². The molecule has 0 saturated heterocycles. The average molecular weight is 311 g/mol. The number of carboxylic acids is 1. The summed E-state index contributed by atoms with van der Waals surface area (Å²) in [7, 11) is 0. The number of rotatable bonds is 5. The molecule has 2 N–H and O–H groups in total. The zero-order valence-electron chi connectivity index (χ0n) is 12.4. The first-order valence-corrected chi connectivity index (χ1v) is 6.40. The highest BCUT2D eigenvalue weighted by Gasteiger charge is 2.24.